The lowest BCUT2D eigenvalue weighted by Gasteiger charge is -2.25. The third kappa shape index (κ3) is 4.21. The number of nitrogens with zero attached hydrogens (tertiary/aromatic N) is 2. The SMILES string of the molecule is CCN(Cc1ccccc1)C1=C(c2ccc(C)cc2C)C(=O)N(c2cc(C)ccc2C)C1=O. The van der Waals surface area contributed by atoms with Crippen molar-refractivity contribution in [1.29, 1.82) is 0 Å². The first-order valence-electron chi connectivity index (χ1n) is 11.4. The van der Waals surface area contributed by atoms with Gasteiger partial charge in [-0.15, -0.1) is 0 Å². The third-order valence-corrected chi connectivity index (χ3v) is 6.23. The fourth-order valence-corrected chi connectivity index (χ4v) is 4.48. The van der Waals surface area contributed by atoms with Crippen molar-refractivity contribution in [2.45, 2.75) is 41.2 Å². The Morgan fingerprint density at radius 2 is 1.42 bits per heavy atom. The Labute approximate surface area is 196 Å². The summed E-state index contributed by atoms with van der Waals surface area (Å²) in [4.78, 5) is 31.2. The van der Waals surface area contributed by atoms with Crippen LogP contribution in [0, 0.1) is 27.7 Å². The van der Waals surface area contributed by atoms with E-state index in [0.29, 0.717) is 30.0 Å². The number of rotatable bonds is 6. The monoisotopic (exact) mass is 438 g/mol. The molecule has 0 unspecified atom stereocenters. The number of hydrogen-bond acceptors (Lipinski definition) is 3. The van der Waals surface area contributed by atoms with Crippen LogP contribution < -0.4 is 4.90 Å². The fourth-order valence-electron chi connectivity index (χ4n) is 4.48. The molecular weight excluding hydrogens is 408 g/mol. The van der Waals surface area contributed by atoms with Gasteiger partial charge in [0.25, 0.3) is 11.8 Å². The molecule has 1 heterocycles. The van der Waals surface area contributed by atoms with Gasteiger partial charge in [-0.1, -0.05) is 66.2 Å². The predicted octanol–water partition coefficient (Wildman–Crippen LogP) is 5.73. The summed E-state index contributed by atoms with van der Waals surface area (Å²) < 4.78 is 0. The molecule has 0 aliphatic carbocycles. The molecule has 0 radical (unpaired) electrons. The lowest BCUT2D eigenvalue weighted by atomic mass is 9.97. The lowest BCUT2D eigenvalue weighted by molar-refractivity contribution is -0.120. The maximum atomic E-state index is 13.9. The number of hydrogen-bond donors (Lipinski definition) is 0. The molecular formula is C29H30N2O2. The Balaban J connectivity index is 1.90. The van der Waals surface area contributed by atoms with Crippen molar-refractivity contribution in [3.05, 3.63) is 106 Å². The van der Waals surface area contributed by atoms with Gasteiger partial charge in [0, 0.05) is 13.1 Å². The topological polar surface area (TPSA) is 40.6 Å². The molecule has 2 amide bonds. The largest absolute Gasteiger partial charge is 0.362 e. The van der Waals surface area contributed by atoms with Crippen LogP contribution in [0.15, 0.2) is 72.4 Å². The first-order valence-corrected chi connectivity index (χ1v) is 11.4. The summed E-state index contributed by atoms with van der Waals surface area (Å²) in [7, 11) is 0. The second kappa shape index (κ2) is 9.07. The molecule has 4 rings (SSSR count). The highest BCUT2D eigenvalue weighted by molar-refractivity contribution is 6.45. The third-order valence-electron chi connectivity index (χ3n) is 6.23. The maximum absolute atomic E-state index is 13.9. The summed E-state index contributed by atoms with van der Waals surface area (Å²) in [5.74, 6) is -0.524. The van der Waals surface area contributed by atoms with Crippen LogP contribution in [0.25, 0.3) is 5.57 Å². The molecule has 0 atom stereocenters. The van der Waals surface area contributed by atoms with Crippen molar-refractivity contribution < 1.29 is 9.59 Å². The molecule has 0 bridgehead atoms. The summed E-state index contributed by atoms with van der Waals surface area (Å²) in [5.41, 5.74) is 7.53. The molecule has 4 heteroatoms. The van der Waals surface area contributed by atoms with Crippen molar-refractivity contribution in [2.24, 2.45) is 0 Å². The van der Waals surface area contributed by atoms with E-state index in [2.05, 4.69) is 6.07 Å². The van der Waals surface area contributed by atoms with Crippen molar-refractivity contribution in [1.82, 2.24) is 4.90 Å². The highest BCUT2D eigenvalue weighted by Gasteiger charge is 2.43. The summed E-state index contributed by atoms with van der Waals surface area (Å²) in [5, 5.41) is 0. The zero-order valence-corrected chi connectivity index (χ0v) is 20.0. The number of carbonyl (C=O) groups excluding carboxylic acids is 2. The summed E-state index contributed by atoms with van der Waals surface area (Å²) in [6.07, 6.45) is 0. The molecule has 33 heavy (non-hydrogen) atoms. The highest BCUT2D eigenvalue weighted by Crippen LogP contribution is 2.38. The van der Waals surface area contributed by atoms with Gasteiger partial charge in [0.2, 0.25) is 0 Å². The van der Waals surface area contributed by atoms with E-state index in [-0.39, 0.29) is 11.8 Å². The van der Waals surface area contributed by atoms with Gasteiger partial charge in [-0.05, 0) is 68.5 Å². The number of likely N-dealkylation sites (N-methyl/N-ethyl adjacent to an activating group) is 1. The molecule has 4 nitrogen and oxygen atoms in total. The van der Waals surface area contributed by atoms with E-state index in [9.17, 15) is 9.59 Å². The molecule has 0 saturated carbocycles. The van der Waals surface area contributed by atoms with Crippen LogP contribution >= 0.6 is 0 Å². The van der Waals surface area contributed by atoms with E-state index >= 15 is 0 Å². The molecule has 0 N–H and O–H groups in total. The standard InChI is InChI=1S/C29H30N2O2/c1-6-30(18-23-10-8-7-9-11-23)27-26(24-15-13-19(2)16-22(24)5)28(32)31(29(27)33)25-17-20(3)12-14-21(25)4/h7-17H,6,18H2,1-5H3. The number of benzene rings is 3. The molecule has 1 aliphatic heterocycles. The van der Waals surface area contributed by atoms with Gasteiger partial charge in [-0.3, -0.25) is 9.59 Å². The van der Waals surface area contributed by atoms with E-state index in [4.69, 9.17) is 0 Å². The number of carbonyl (C=O) groups is 2. The second-order valence-electron chi connectivity index (χ2n) is 8.78. The average molecular weight is 439 g/mol. The lowest BCUT2D eigenvalue weighted by Crippen LogP contribution is -2.35. The number of anilines is 1. The quantitative estimate of drug-likeness (QED) is 0.462. The molecule has 168 valence electrons. The van der Waals surface area contributed by atoms with Crippen molar-refractivity contribution in [3.63, 3.8) is 0 Å². The minimum atomic E-state index is -0.263. The van der Waals surface area contributed by atoms with Crippen LogP contribution in [0.5, 0.6) is 0 Å². The van der Waals surface area contributed by atoms with Crippen molar-refractivity contribution in [2.75, 3.05) is 11.4 Å². The number of amides is 2. The Morgan fingerprint density at radius 3 is 2.09 bits per heavy atom. The van der Waals surface area contributed by atoms with Crippen LogP contribution in [-0.4, -0.2) is 23.3 Å². The van der Waals surface area contributed by atoms with Gasteiger partial charge in [0.1, 0.15) is 5.70 Å². The van der Waals surface area contributed by atoms with Gasteiger partial charge >= 0.3 is 0 Å². The first kappa shape index (κ1) is 22.5. The fraction of sp³-hybridized carbons (Fsp3) is 0.241. The minimum Gasteiger partial charge on any atom is -0.362 e. The van der Waals surface area contributed by atoms with Crippen LogP contribution in [-0.2, 0) is 16.1 Å². The molecule has 0 saturated heterocycles. The average Bonchev–Trinajstić information content (AvgIpc) is 3.04. The normalized spacial score (nSPS) is 13.8. The predicted molar refractivity (Wildman–Crippen MR) is 134 cm³/mol. The Bertz CT molecular complexity index is 1260. The van der Waals surface area contributed by atoms with E-state index in [0.717, 1.165) is 33.4 Å². The van der Waals surface area contributed by atoms with Crippen LogP contribution in [0.4, 0.5) is 5.69 Å². The van der Waals surface area contributed by atoms with Crippen LogP contribution in [0.3, 0.4) is 0 Å². The van der Waals surface area contributed by atoms with Crippen LogP contribution in [0.1, 0.15) is 40.3 Å². The van der Waals surface area contributed by atoms with Crippen molar-refractivity contribution >= 4 is 23.1 Å². The minimum absolute atomic E-state index is 0.262. The maximum Gasteiger partial charge on any atom is 0.282 e. The van der Waals surface area contributed by atoms with E-state index < -0.39 is 0 Å². The van der Waals surface area contributed by atoms with E-state index in [1.165, 1.54) is 4.90 Å². The number of aryl methyl sites for hydroxylation is 4. The molecule has 0 aromatic heterocycles. The summed E-state index contributed by atoms with van der Waals surface area (Å²) in [6.45, 7) is 11.1. The zero-order chi connectivity index (χ0) is 23.7. The Kier molecular flexibility index (Phi) is 6.19. The Hall–Kier alpha value is -3.66. The molecule has 3 aromatic carbocycles. The number of imide groups is 1. The summed E-state index contributed by atoms with van der Waals surface area (Å²) in [6, 6.07) is 22.0. The van der Waals surface area contributed by atoms with Crippen molar-refractivity contribution in [3.8, 4) is 0 Å². The summed E-state index contributed by atoms with van der Waals surface area (Å²) >= 11 is 0. The van der Waals surface area contributed by atoms with Gasteiger partial charge < -0.3 is 4.90 Å². The molecule has 0 spiro atoms. The van der Waals surface area contributed by atoms with Gasteiger partial charge in [0.05, 0.1) is 11.3 Å². The Morgan fingerprint density at radius 1 is 0.758 bits per heavy atom. The molecule has 3 aromatic rings. The van der Waals surface area contributed by atoms with Gasteiger partial charge in [-0.2, -0.15) is 0 Å². The van der Waals surface area contributed by atoms with Crippen LogP contribution in [0.2, 0.25) is 0 Å². The van der Waals surface area contributed by atoms with Gasteiger partial charge in [0.15, 0.2) is 0 Å². The smallest absolute Gasteiger partial charge is 0.282 e. The highest BCUT2D eigenvalue weighted by atomic mass is 16.2. The molecule has 1 aliphatic rings. The zero-order valence-electron chi connectivity index (χ0n) is 20.0. The first-order chi connectivity index (χ1) is 15.8. The van der Waals surface area contributed by atoms with E-state index in [1.54, 1.807) is 0 Å². The van der Waals surface area contributed by atoms with Gasteiger partial charge in [-0.25, -0.2) is 4.90 Å². The van der Waals surface area contributed by atoms with E-state index in [1.807, 2.05) is 100 Å². The second-order valence-corrected chi connectivity index (χ2v) is 8.78. The molecule has 0 fully saturated rings.